The van der Waals surface area contributed by atoms with Crippen molar-refractivity contribution in [3.05, 3.63) is 113 Å². The Morgan fingerprint density at radius 2 is 1.62 bits per heavy atom. The molecule has 2 N–H and O–H groups in total. The number of carbonyl (C=O) groups excluding carboxylic acids is 3. The lowest BCUT2D eigenvalue weighted by molar-refractivity contribution is -0.213. The highest BCUT2D eigenvalue weighted by molar-refractivity contribution is 5.94. The summed E-state index contributed by atoms with van der Waals surface area (Å²) in [6, 6.07) is 25.2. The first kappa shape index (κ1) is 39.1. The number of carbonyl (C=O) groups is 3. The molecule has 58 heavy (non-hydrogen) atoms. The Morgan fingerprint density at radius 1 is 0.931 bits per heavy atom. The normalized spacial score (nSPS) is 32.5. The number of aliphatic hydroxyl groups is 1. The Labute approximate surface area is 338 Å². The van der Waals surface area contributed by atoms with Gasteiger partial charge in [-0.15, -0.1) is 0 Å². The number of benzene rings is 3. The second-order valence-electron chi connectivity index (χ2n) is 17.6. The number of nitrogens with one attached hydrogen (secondary N) is 1. The third-order valence-corrected chi connectivity index (χ3v) is 12.5. The van der Waals surface area contributed by atoms with Crippen LogP contribution in [-0.2, 0) is 55.2 Å². The lowest BCUT2D eigenvalue weighted by Gasteiger charge is -2.49. The minimum atomic E-state index is -1.50. The first-order valence-corrected chi connectivity index (χ1v) is 20.6. The van der Waals surface area contributed by atoms with Gasteiger partial charge in [0, 0.05) is 24.0 Å². The molecular formula is C46H52N2O10. The van der Waals surface area contributed by atoms with E-state index in [1.165, 1.54) is 0 Å². The molecule has 6 aliphatic rings. The molecule has 3 aromatic carbocycles. The summed E-state index contributed by atoms with van der Waals surface area (Å²) in [5.74, 6) is -2.50. The molecular weight excluding hydrogens is 741 g/mol. The highest BCUT2D eigenvalue weighted by Gasteiger charge is 2.76. The molecule has 10 atom stereocenters. The van der Waals surface area contributed by atoms with Gasteiger partial charge < -0.3 is 34.1 Å². The summed E-state index contributed by atoms with van der Waals surface area (Å²) in [5.41, 5.74) is 1.20. The number of hydroxylamine groups is 2. The quantitative estimate of drug-likeness (QED) is 0.181. The van der Waals surface area contributed by atoms with Gasteiger partial charge >= 0.3 is 11.9 Å². The molecule has 1 amide bonds. The van der Waals surface area contributed by atoms with Crippen molar-refractivity contribution in [1.82, 2.24) is 10.4 Å². The number of rotatable bonds is 12. The lowest BCUT2D eigenvalue weighted by Crippen LogP contribution is -2.70. The summed E-state index contributed by atoms with van der Waals surface area (Å²) in [4.78, 5) is 49.1. The summed E-state index contributed by atoms with van der Waals surface area (Å²) in [6.45, 7) is 5.11. The summed E-state index contributed by atoms with van der Waals surface area (Å²) < 4.78 is 31.6. The van der Waals surface area contributed by atoms with Crippen LogP contribution in [0.5, 0.6) is 0 Å². The molecule has 10 unspecified atom stereocenters. The van der Waals surface area contributed by atoms with Gasteiger partial charge in [-0.25, -0.2) is 0 Å². The standard InChI is InChI=1S/C46H52N2O10/c1-44(2,3)55-37(50)23-21-33(27-49)47-43(52)45-25-36-38-39(57-46(56-38,31-14-6-4-7-15-31)32-16-8-5-9-17-32)41(45)58-48(40(45)42(51)54-36)26-30-13-11-10-12-29(30)20-18-28-19-22-34-35(24-28)53-34/h4-18,20,28,33-36,38-41,49H,19,21-27H2,1-3H3,(H,47,52). The molecule has 4 saturated heterocycles. The third kappa shape index (κ3) is 7.18. The van der Waals surface area contributed by atoms with Crippen molar-refractivity contribution in [3.63, 3.8) is 0 Å². The Morgan fingerprint density at radius 3 is 2.31 bits per heavy atom. The van der Waals surface area contributed by atoms with Crippen LogP contribution >= 0.6 is 0 Å². The van der Waals surface area contributed by atoms with Gasteiger partial charge in [-0.05, 0) is 63.5 Å². The number of allylic oxidation sites excluding steroid dienone is 1. The zero-order chi connectivity index (χ0) is 40.2. The SMILES string of the molecule is CC(C)(C)OC(=O)CCC(CO)NC(=O)C12CC3OC(=O)C1N(Cc1ccccc1C=CC1CCC4OC4C1)OC2C1OC(c2ccccc2)(c2ccccc2)OC31. The van der Waals surface area contributed by atoms with E-state index in [2.05, 4.69) is 17.5 Å². The molecule has 2 saturated carbocycles. The summed E-state index contributed by atoms with van der Waals surface area (Å²) in [7, 11) is 0. The fraction of sp³-hybridized carbons (Fsp3) is 0.500. The number of esters is 2. The molecule has 12 nitrogen and oxygen atoms in total. The highest BCUT2D eigenvalue weighted by atomic mass is 16.8. The molecule has 12 heteroatoms. The molecule has 9 rings (SSSR count). The van der Waals surface area contributed by atoms with Crippen molar-refractivity contribution in [2.24, 2.45) is 11.3 Å². The van der Waals surface area contributed by atoms with Gasteiger partial charge in [0.25, 0.3) is 0 Å². The second-order valence-corrected chi connectivity index (χ2v) is 17.6. The number of hydrogen-bond donors (Lipinski definition) is 2. The summed E-state index contributed by atoms with van der Waals surface area (Å²) in [5, 5.41) is 15.1. The van der Waals surface area contributed by atoms with Crippen molar-refractivity contribution < 1.29 is 48.0 Å². The molecule has 306 valence electrons. The van der Waals surface area contributed by atoms with Crippen LogP contribution in [0.2, 0.25) is 0 Å². The van der Waals surface area contributed by atoms with Gasteiger partial charge in [-0.2, -0.15) is 5.06 Å². The first-order chi connectivity index (χ1) is 28.0. The largest absolute Gasteiger partial charge is 0.460 e. The van der Waals surface area contributed by atoms with E-state index in [0.717, 1.165) is 41.5 Å². The number of fused-ring (bicyclic) bond motifs is 5. The highest BCUT2D eigenvalue weighted by Crippen LogP contribution is 2.59. The van der Waals surface area contributed by atoms with Gasteiger partial charge in [-0.1, -0.05) is 97.1 Å². The van der Waals surface area contributed by atoms with Crippen LogP contribution in [0.1, 0.15) is 81.5 Å². The molecule has 4 heterocycles. The lowest BCUT2D eigenvalue weighted by atomic mass is 9.62. The minimum Gasteiger partial charge on any atom is -0.460 e. The Hall–Kier alpha value is -4.43. The second kappa shape index (κ2) is 15.3. The van der Waals surface area contributed by atoms with Crippen molar-refractivity contribution in [2.75, 3.05) is 6.61 Å². The number of aliphatic hydroxyl groups excluding tert-OH is 1. The maximum absolute atomic E-state index is 15.1. The maximum atomic E-state index is 15.1. The van der Waals surface area contributed by atoms with Crippen LogP contribution in [0.25, 0.3) is 6.08 Å². The molecule has 0 spiro atoms. The zero-order valence-corrected chi connectivity index (χ0v) is 33.2. The number of epoxide rings is 1. The van der Waals surface area contributed by atoms with Crippen LogP contribution in [0, 0.1) is 11.3 Å². The van der Waals surface area contributed by atoms with Gasteiger partial charge in [0.1, 0.15) is 35.4 Å². The van der Waals surface area contributed by atoms with Crippen molar-refractivity contribution in [2.45, 2.75) is 126 Å². The average Bonchev–Trinajstić information content (AvgIpc) is 3.73. The Balaban J connectivity index is 1.06. The van der Waals surface area contributed by atoms with Crippen LogP contribution in [0.4, 0.5) is 0 Å². The summed E-state index contributed by atoms with van der Waals surface area (Å²) >= 11 is 0. The molecule has 0 radical (unpaired) electrons. The fourth-order valence-electron chi connectivity index (χ4n) is 9.76. The van der Waals surface area contributed by atoms with E-state index < -0.39 is 77.8 Å². The van der Waals surface area contributed by atoms with E-state index >= 15 is 4.79 Å². The van der Waals surface area contributed by atoms with Crippen LogP contribution < -0.4 is 5.32 Å². The molecule has 0 aromatic heterocycles. The van der Waals surface area contributed by atoms with E-state index in [4.69, 9.17) is 28.5 Å². The number of amides is 1. The summed E-state index contributed by atoms with van der Waals surface area (Å²) in [6.07, 6.45) is 5.08. The smallest absolute Gasteiger partial charge is 0.327 e. The van der Waals surface area contributed by atoms with E-state index in [1.54, 1.807) is 25.8 Å². The third-order valence-electron chi connectivity index (χ3n) is 12.5. The molecule has 4 aliphatic heterocycles. The predicted molar refractivity (Wildman–Crippen MR) is 210 cm³/mol. The van der Waals surface area contributed by atoms with Crippen LogP contribution in [0.15, 0.2) is 91.0 Å². The maximum Gasteiger partial charge on any atom is 0.327 e. The first-order valence-electron chi connectivity index (χ1n) is 20.6. The predicted octanol–water partition coefficient (Wildman–Crippen LogP) is 5.35. The number of nitrogens with zero attached hydrogens (tertiary/aromatic N) is 1. The molecule has 2 bridgehead atoms. The topological polar surface area (TPSA) is 145 Å². The van der Waals surface area contributed by atoms with E-state index in [-0.39, 0.29) is 25.8 Å². The van der Waals surface area contributed by atoms with Crippen molar-refractivity contribution in [1.29, 1.82) is 0 Å². The molecule has 3 aromatic rings. The van der Waals surface area contributed by atoms with E-state index in [0.29, 0.717) is 18.1 Å². The van der Waals surface area contributed by atoms with E-state index in [9.17, 15) is 14.7 Å². The number of hydrogen-bond acceptors (Lipinski definition) is 11. The van der Waals surface area contributed by atoms with Gasteiger partial charge in [-0.3, -0.25) is 19.2 Å². The van der Waals surface area contributed by atoms with E-state index in [1.807, 2.05) is 84.9 Å². The van der Waals surface area contributed by atoms with Crippen molar-refractivity contribution >= 4 is 23.9 Å². The van der Waals surface area contributed by atoms with Crippen molar-refractivity contribution in [3.8, 4) is 0 Å². The Kier molecular flexibility index (Phi) is 10.3. The minimum absolute atomic E-state index is 0.0202. The van der Waals surface area contributed by atoms with Crippen LogP contribution in [0.3, 0.4) is 0 Å². The average molecular weight is 793 g/mol. The van der Waals surface area contributed by atoms with Gasteiger partial charge in [0.15, 0.2) is 6.04 Å². The number of ether oxygens (including phenoxy) is 5. The molecule has 6 fully saturated rings. The van der Waals surface area contributed by atoms with Gasteiger partial charge in [0.05, 0.1) is 31.4 Å². The fourth-order valence-corrected chi connectivity index (χ4v) is 9.76. The monoisotopic (exact) mass is 792 g/mol. The molecule has 2 aliphatic carbocycles. The Bertz CT molecular complexity index is 2000. The van der Waals surface area contributed by atoms with Crippen LogP contribution in [-0.4, -0.2) is 88.9 Å². The zero-order valence-electron chi connectivity index (χ0n) is 33.2. The van der Waals surface area contributed by atoms with Gasteiger partial charge in [0.2, 0.25) is 11.7 Å².